The van der Waals surface area contributed by atoms with Crippen molar-refractivity contribution in [1.29, 1.82) is 0 Å². The van der Waals surface area contributed by atoms with E-state index in [0.717, 1.165) is 23.0 Å². The Morgan fingerprint density at radius 1 is 1.40 bits per heavy atom. The Kier molecular flexibility index (Phi) is 3.43. The zero-order valence-corrected chi connectivity index (χ0v) is 10.7. The van der Waals surface area contributed by atoms with Crippen LogP contribution in [0.5, 0.6) is 0 Å². The molecule has 20 heavy (non-hydrogen) atoms. The van der Waals surface area contributed by atoms with Crippen molar-refractivity contribution in [2.75, 3.05) is 0 Å². The van der Waals surface area contributed by atoms with E-state index in [2.05, 4.69) is 5.10 Å². The molecule has 9 heteroatoms. The van der Waals surface area contributed by atoms with Gasteiger partial charge in [-0.3, -0.25) is 10.1 Å². The first-order valence-electron chi connectivity index (χ1n) is 5.28. The van der Waals surface area contributed by atoms with E-state index in [1.54, 1.807) is 0 Å². The van der Waals surface area contributed by atoms with E-state index >= 15 is 0 Å². The highest BCUT2D eigenvalue weighted by atomic mass is 35.5. The second kappa shape index (κ2) is 4.78. The van der Waals surface area contributed by atoms with Gasteiger partial charge in [0.05, 0.1) is 15.6 Å². The third-order valence-electron chi connectivity index (χ3n) is 2.55. The molecule has 0 fully saturated rings. The number of nitrogens with zero attached hydrogens (tertiary/aromatic N) is 3. The van der Waals surface area contributed by atoms with E-state index in [-0.39, 0.29) is 22.0 Å². The van der Waals surface area contributed by atoms with Crippen molar-refractivity contribution < 1.29 is 18.1 Å². The molecule has 1 heterocycles. The summed E-state index contributed by atoms with van der Waals surface area (Å²) in [5.74, 6) is 0. The maximum absolute atomic E-state index is 12.7. The maximum atomic E-state index is 12.7. The van der Waals surface area contributed by atoms with Crippen LogP contribution in [-0.4, -0.2) is 14.7 Å². The minimum absolute atomic E-state index is 0.0598. The SMILES string of the molecule is Cc1cn(-c2ccc([N+](=O)[O-])cc2Cl)nc1C(F)(F)F. The minimum Gasteiger partial charge on any atom is -0.258 e. The quantitative estimate of drug-likeness (QED) is 0.627. The summed E-state index contributed by atoms with van der Waals surface area (Å²) in [5.41, 5.74) is -1.20. The van der Waals surface area contributed by atoms with Crippen LogP contribution in [0.3, 0.4) is 0 Å². The van der Waals surface area contributed by atoms with E-state index in [1.807, 2.05) is 0 Å². The Bertz CT molecular complexity index is 682. The van der Waals surface area contributed by atoms with Gasteiger partial charge in [-0.05, 0) is 18.6 Å². The Morgan fingerprint density at radius 3 is 2.50 bits per heavy atom. The standard InChI is InChI=1S/C11H7ClF3N3O2/c1-6-5-17(16-10(6)11(13,14)15)9-3-2-7(18(19)20)4-8(9)12/h2-5H,1H3. The number of halogens is 4. The fourth-order valence-corrected chi connectivity index (χ4v) is 1.92. The van der Waals surface area contributed by atoms with Crippen molar-refractivity contribution in [3.63, 3.8) is 0 Å². The molecule has 0 bridgehead atoms. The van der Waals surface area contributed by atoms with Crippen molar-refractivity contribution in [1.82, 2.24) is 9.78 Å². The number of benzene rings is 1. The van der Waals surface area contributed by atoms with Crippen molar-refractivity contribution >= 4 is 17.3 Å². The first kappa shape index (κ1) is 14.3. The second-order valence-electron chi connectivity index (χ2n) is 4.00. The zero-order valence-electron chi connectivity index (χ0n) is 9.98. The van der Waals surface area contributed by atoms with Gasteiger partial charge in [0.2, 0.25) is 0 Å². The summed E-state index contributed by atoms with van der Waals surface area (Å²) in [6, 6.07) is 3.44. The van der Waals surface area contributed by atoms with Gasteiger partial charge in [-0.25, -0.2) is 4.68 Å². The molecule has 5 nitrogen and oxygen atoms in total. The summed E-state index contributed by atoms with van der Waals surface area (Å²) in [4.78, 5) is 9.92. The molecule has 2 rings (SSSR count). The van der Waals surface area contributed by atoms with Crippen LogP contribution in [0.1, 0.15) is 11.3 Å². The summed E-state index contributed by atoms with van der Waals surface area (Å²) in [5, 5.41) is 13.9. The summed E-state index contributed by atoms with van der Waals surface area (Å²) in [6.45, 7) is 1.27. The molecule has 106 valence electrons. The number of non-ortho nitro benzene ring substituents is 1. The third kappa shape index (κ3) is 2.60. The van der Waals surface area contributed by atoms with E-state index in [4.69, 9.17) is 11.6 Å². The zero-order chi connectivity index (χ0) is 15.1. The molecule has 0 amide bonds. The van der Waals surface area contributed by atoms with Gasteiger partial charge in [0.15, 0.2) is 5.69 Å². The number of rotatable bonds is 2. The summed E-state index contributed by atoms with van der Waals surface area (Å²) in [7, 11) is 0. The molecule has 0 N–H and O–H groups in total. The number of alkyl halides is 3. The monoisotopic (exact) mass is 305 g/mol. The Morgan fingerprint density at radius 2 is 2.05 bits per heavy atom. The van der Waals surface area contributed by atoms with Gasteiger partial charge in [-0.1, -0.05) is 11.6 Å². The summed E-state index contributed by atoms with van der Waals surface area (Å²) in [6.07, 6.45) is -3.40. The van der Waals surface area contributed by atoms with Crippen LogP contribution in [0.15, 0.2) is 24.4 Å². The molecule has 0 aliphatic carbocycles. The van der Waals surface area contributed by atoms with Gasteiger partial charge in [0.25, 0.3) is 5.69 Å². The van der Waals surface area contributed by atoms with Gasteiger partial charge >= 0.3 is 6.18 Å². The van der Waals surface area contributed by atoms with E-state index in [0.29, 0.717) is 0 Å². The van der Waals surface area contributed by atoms with E-state index < -0.39 is 16.8 Å². The summed E-state index contributed by atoms with van der Waals surface area (Å²) >= 11 is 5.84. The van der Waals surface area contributed by atoms with Crippen molar-refractivity contribution in [3.05, 3.63) is 50.8 Å². The van der Waals surface area contributed by atoms with Crippen LogP contribution in [0, 0.1) is 17.0 Å². The van der Waals surface area contributed by atoms with Crippen LogP contribution in [0.4, 0.5) is 18.9 Å². The molecular weight excluding hydrogens is 299 g/mol. The molecule has 0 aliphatic heterocycles. The number of nitro benzene ring substituents is 1. The van der Waals surface area contributed by atoms with Gasteiger partial charge in [0.1, 0.15) is 0 Å². The smallest absolute Gasteiger partial charge is 0.258 e. The second-order valence-corrected chi connectivity index (χ2v) is 4.40. The number of aryl methyl sites for hydroxylation is 1. The average Bonchev–Trinajstić information content (AvgIpc) is 2.70. The van der Waals surface area contributed by atoms with Crippen molar-refractivity contribution in [2.24, 2.45) is 0 Å². The largest absolute Gasteiger partial charge is 0.435 e. The normalized spacial score (nSPS) is 11.7. The first-order valence-corrected chi connectivity index (χ1v) is 5.65. The highest BCUT2D eigenvalue weighted by Crippen LogP contribution is 2.32. The lowest BCUT2D eigenvalue weighted by Crippen LogP contribution is -2.08. The maximum Gasteiger partial charge on any atom is 0.435 e. The van der Waals surface area contributed by atoms with Gasteiger partial charge in [-0.2, -0.15) is 18.3 Å². The number of aromatic nitrogens is 2. The lowest BCUT2D eigenvalue weighted by atomic mass is 10.2. The average molecular weight is 306 g/mol. The fraction of sp³-hybridized carbons (Fsp3) is 0.182. The predicted molar refractivity (Wildman–Crippen MR) is 65.0 cm³/mol. The fourth-order valence-electron chi connectivity index (χ4n) is 1.66. The Labute approximate surface area is 115 Å². The first-order chi connectivity index (χ1) is 9.20. The van der Waals surface area contributed by atoms with Crippen molar-refractivity contribution in [2.45, 2.75) is 13.1 Å². The molecule has 0 spiro atoms. The van der Waals surface area contributed by atoms with Gasteiger partial charge < -0.3 is 0 Å². The topological polar surface area (TPSA) is 61.0 Å². The number of hydrogen-bond donors (Lipinski definition) is 0. The lowest BCUT2D eigenvalue weighted by molar-refractivity contribution is -0.384. The lowest BCUT2D eigenvalue weighted by Gasteiger charge is -2.05. The molecule has 2 aromatic rings. The third-order valence-corrected chi connectivity index (χ3v) is 2.86. The Hall–Kier alpha value is -2.09. The highest BCUT2D eigenvalue weighted by Gasteiger charge is 2.36. The van der Waals surface area contributed by atoms with Crippen LogP contribution in [0.25, 0.3) is 5.69 Å². The van der Waals surface area contributed by atoms with Crippen LogP contribution in [0.2, 0.25) is 5.02 Å². The van der Waals surface area contributed by atoms with E-state index in [9.17, 15) is 23.3 Å². The molecule has 0 aliphatic rings. The molecule has 1 aromatic carbocycles. The van der Waals surface area contributed by atoms with Gasteiger partial charge in [-0.15, -0.1) is 0 Å². The molecule has 0 saturated heterocycles. The van der Waals surface area contributed by atoms with Crippen LogP contribution in [-0.2, 0) is 6.18 Å². The molecule has 0 unspecified atom stereocenters. The molecule has 1 aromatic heterocycles. The number of hydrogen-bond acceptors (Lipinski definition) is 3. The van der Waals surface area contributed by atoms with E-state index in [1.165, 1.54) is 13.0 Å². The molecule has 0 saturated carbocycles. The predicted octanol–water partition coefficient (Wildman–Crippen LogP) is 3.76. The molecule has 0 atom stereocenters. The van der Waals surface area contributed by atoms with Crippen LogP contribution < -0.4 is 0 Å². The number of nitro groups is 1. The van der Waals surface area contributed by atoms with Crippen LogP contribution >= 0.6 is 11.6 Å². The van der Waals surface area contributed by atoms with Gasteiger partial charge in [0, 0.05) is 18.3 Å². The molecule has 0 radical (unpaired) electrons. The highest BCUT2D eigenvalue weighted by molar-refractivity contribution is 6.32. The minimum atomic E-state index is -4.57. The summed E-state index contributed by atoms with van der Waals surface area (Å²) < 4.78 is 38.9. The van der Waals surface area contributed by atoms with Crippen molar-refractivity contribution in [3.8, 4) is 5.69 Å². The molecular formula is C11H7ClF3N3O2. The Balaban J connectivity index is 2.50.